The van der Waals surface area contributed by atoms with Gasteiger partial charge in [-0.15, -0.1) is 0 Å². The molecule has 1 N–H and O–H groups in total. The molecule has 0 atom stereocenters. The normalized spacial score (nSPS) is 11.8. The van der Waals surface area contributed by atoms with Gasteiger partial charge in [-0.2, -0.15) is 8.68 Å². The Hall–Kier alpha value is -2.00. The predicted molar refractivity (Wildman–Crippen MR) is 99.5 cm³/mol. The van der Waals surface area contributed by atoms with E-state index in [0.717, 1.165) is 14.4 Å². The van der Waals surface area contributed by atoms with Crippen molar-refractivity contribution in [1.29, 1.82) is 0 Å². The van der Waals surface area contributed by atoms with Gasteiger partial charge in [0.1, 0.15) is 0 Å². The van der Waals surface area contributed by atoms with Gasteiger partial charge in [0.05, 0.1) is 16.1 Å². The quantitative estimate of drug-likeness (QED) is 0.719. The first-order chi connectivity index (χ1) is 11.9. The molecule has 0 bridgehead atoms. The fourth-order valence-electron chi connectivity index (χ4n) is 2.22. The molecule has 25 heavy (non-hydrogen) atoms. The summed E-state index contributed by atoms with van der Waals surface area (Å²) in [7, 11) is -2.41. The molecule has 0 aliphatic rings. The van der Waals surface area contributed by atoms with Crippen LogP contribution >= 0.6 is 23.1 Å². The minimum Gasteiger partial charge on any atom is -0.325 e. The van der Waals surface area contributed by atoms with Crippen LogP contribution in [0.15, 0.2) is 53.6 Å². The minimum atomic E-state index is -3.76. The van der Waals surface area contributed by atoms with Crippen LogP contribution in [-0.2, 0) is 14.8 Å². The van der Waals surface area contributed by atoms with E-state index in [0.29, 0.717) is 10.7 Å². The lowest BCUT2D eigenvalue weighted by Crippen LogP contribution is -2.34. The summed E-state index contributed by atoms with van der Waals surface area (Å²) in [5, 5.41) is 4.06. The second-order valence-corrected chi connectivity index (χ2v) is 8.66. The van der Waals surface area contributed by atoms with Crippen molar-refractivity contribution >= 4 is 54.8 Å². The van der Waals surface area contributed by atoms with E-state index in [9.17, 15) is 13.2 Å². The number of anilines is 1. The number of benzene rings is 2. The number of carbonyl (C=O) groups excluding carboxylic acids is 1. The highest BCUT2D eigenvalue weighted by Crippen LogP contribution is 2.22. The van der Waals surface area contributed by atoms with E-state index in [4.69, 9.17) is 11.6 Å². The Balaban J connectivity index is 1.69. The van der Waals surface area contributed by atoms with Gasteiger partial charge < -0.3 is 5.32 Å². The average Bonchev–Trinajstić information content (AvgIpc) is 3.02. The molecule has 0 aliphatic carbocycles. The molecule has 0 spiro atoms. The first kappa shape index (κ1) is 17.8. The number of hydrogen-bond acceptors (Lipinski definition) is 5. The zero-order valence-electron chi connectivity index (χ0n) is 13.1. The van der Waals surface area contributed by atoms with Crippen molar-refractivity contribution in [3.8, 4) is 0 Å². The number of amides is 1. The molecule has 0 aliphatic heterocycles. The Kier molecular flexibility index (Phi) is 5.05. The van der Waals surface area contributed by atoms with Gasteiger partial charge in [0.25, 0.3) is 0 Å². The molecule has 1 heterocycles. The molecular formula is C16H14ClN3O3S2. The number of sulfonamides is 1. The summed E-state index contributed by atoms with van der Waals surface area (Å²) in [6.45, 7) is -0.301. The fraction of sp³-hybridized carbons (Fsp3) is 0.125. The summed E-state index contributed by atoms with van der Waals surface area (Å²) in [5.41, 5.74) is 0.593. The maximum Gasteiger partial charge on any atom is 0.243 e. The van der Waals surface area contributed by atoms with E-state index < -0.39 is 15.9 Å². The molecule has 0 radical (unpaired) electrons. The number of carbonyl (C=O) groups is 1. The summed E-state index contributed by atoms with van der Waals surface area (Å²) >= 11 is 7.14. The standard InChI is InChI=1S/C16H14ClN3O3S2/c1-20(25(22,23)14-5-2-12(17)3-6-14)10-16(21)19-13-4-7-15-11(8-13)9-18-24-15/h2-9H,10H2,1H3,(H,19,21). The van der Waals surface area contributed by atoms with Crippen LogP contribution in [0.3, 0.4) is 0 Å². The lowest BCUT2D eigenvalue weighted by Gasteiger charge is -2.17. The van der Waals surface area contributed by atoms with E-state index in [1.807, 2.05) is 6.07 Å². The second kappa shape index (κ2) is 7.09. The highest BCUT2D eigenvalue weighted by Gasteiger charge is 2.23. The molecule has 2 aromatic carbocycles. The molecular weight excluding hydrogens is 382 g/mol. The number of halogens is 1. The van der Waals surface area contributed by atoms with Crippen LogP contribution < -0.4 is 5.32 Å². The molecule has 6 nitrogen and oxygen atoms in total. The number of fused-ring (bicyclic) bond motifs is 1. The molecule has 0 saturated heterocycles. The minimum absolute atomic E-state index is 0.0815. The number of nitrogens with zero attached hydrogens (tertiary/aromatic N) is 2. The number of likely N-dealkylation sites (N-methyl/N-ethyl adjacent to an activating group) is 1. The third-order valence-electron chi connectivity index (χ3n) is 3.52. The predicted octanol–water partition coefficient (Wildman–Crippen LogP) is 3.21. The molecule has 1 aromatic heterocycles. The van der Waals surface area contributed by atoms with Crippen molar-refractivity contribution in [2.45, 2.75) is 4.90 Å². The van der Waals surface area contributed by atoms with E-state index in [1.54, 1.807) is 18.3 Å². The van der Waals surface area contributed by atoms with Crippen molar-refractivity contribution in [1.82, 2.24) is 8.68 Å². The summed E-state index contributed by atoms with van der Waals surface area (Å²) in [6.07, 6.45) is 1.72. The lowest BCUT2D eigenvalue weighted by atomic mass is 10.2. The summed E-state index contributed by atoms with van der Waals surface area (Å²) < 4.78 is 31.0. The summed E-state index contributed by atoms with van der Waals surface area (Å²) in [5.74, 6) is -0.428. The molecule has 0 fully saturated rings. The maximum absolute atomic E-state index is 12.5. The number of rotatable bonds is 5. The van der Waals surface area contributed by atoms with Gasteiger partial charge in [-0.05, 0) is 54.0 Å². The molecule has 9 heteroatoms. The number of nitrogens with one attached hydrogen (secondary N) is 1. The smallest absolute Gasteiger partial charge is 0.243 e. The van der Waals surface area contributed by atoms with E-state index >= 15 is 0 Å². The van der Waals surface area contributed by atoms with Gasteiger partial charge in [0, 0.05) is 29.3 Å². The summed E-state index contributed by atoms with van der Waals surface area (Å²) in [6, 6.07) is 11.2. The van der Waals surface area contributed by atoms with E-state index in [2.05, 4.69) is 9.69 Å². The van der Waals surface area contributed by atoms with Gasteiger partial charge in [-0.3, -0.25) is 4.79 Å². The van der Waals surface area contributed by atoms with Crippen LogP contribution in [0.1, 0.15) is 0 Å². The maximum atomic E-state index is 12.5. The van der Waals surface area contributed by atoms with Gasteiger partial charge in [-0.1, -0.05) is 11.6 Å². The highest BCUT2D eigenvalue weighted by molar-refractivity contribution is 7.89. The largest absolute Gasteiger partial charge is 0.325 e. The first-order valence-corrected chi connectivity index (χ1v) is 9.81. The third kappa shape index (κ3) is 3.98. The van der Waals surface area contributed by atoms with Crippen molar-refractivity contribution < 1.29 is 13.2 Å². The number of hydrogen-bond donors (Lipinski definition) is 1. The van der Waals surface area contributed by atoms with Gasteiger partial charge in [-0.25, -0.2) is 8.42 Å². The van der Waals surface area contributed by atoms with Crippen molar-refractivity contribution in [2.24, 2.45) is 0 Å². The highest BCUT2D eigenvalue weighted by atomic mass is 35.5. The zero-order valence-corrected chi connectivity index (χ0v) is 15.5. The van der Waals surface area contributed by atoms with Crippen LogP contribution in [0.4, 0.5) is 5.69 Å². The monoisotopic (exact) mass is 395 g/mol. The Morgan fingerprint density at radius 1 is 1.24 bits per heavy atom. The van der Waals surface area contributed by atoms with Gasteiger partial charge in [0.2, 0.25) is 15.9 Å². The molecule has 1 amide bonds. The molecule has 0 saturated carbocycles. The summed E-state index contributed by atoms with van der Waals surface area (Å²) in [4.78, 5) is 12.3. The SMILES string of the molecule is CN(CC(=O)Nc1ccc2sncc2c1)S(=O)(=O)c1ccc(Cl)cc1. The van der Waals surface area contributed by atoms with E-state index in [1.165, 1.54) is 42.8 Å². The van der Waals surface area contributed by atoms with Crippen LogP contribution in [0.25, 0.3) is 10.1 Å². The van der Waals surface area contributed by atoms with Crippen LogP contribution in [0.5, 0.6) is 0 Å². The lowest BCUT2D eigenvalue weighted by molar-refractivity contribution is -0.116. The zero-order chi connectivity index (χ0) is 18.0. The average molecular weight is 396 g/mol. The van der Waals surface area contributed by atoms with Crippen molar-refractivity contribution in [3.05, 3.63) is 53.7 Å². The second-order valence-electron chi connectivity index (χ2n) is 5.34. The van der Waals surface area contributed by atoms with Crippen molar-refractivity contribution in [3.63, 3.8) is 0 Å². The van der Waals surface area contributed by atoms with Crippen LogP contribution in [0.2, 0.25) is 5.02 Å². The Labute approximate surface area is 154 Å². The van der Waals surface area contributed by atoms with Crippen LogP contribution in [0, 0.1) is 0 Å². The topological polar surface area (TPSA) is 79.4 Å². The van der Waals surface area contributed by atoms with Gasteiger partial charge >= 0.3 is 0 Å². The van der Waals surface area contributed by atoms with E-state index in [-0.39, 0.29) is 11.4 Å². The molecule has 0 unspecified atom stereocenters. The number of aromatic nitrogens is 1. The first-order valence-electron chi connectivity index (χ1n) is 7.22. The molecule has 130 valence electrons. The Morgan fingerprint density at radius 2 is 1.96 bits per heavy atom. The molecule has 3 rings (SSSR count). The van der Waals surface area contributed by atoms with Crippen molar-refractivity contribution in [2.75, 3.05) is 18.9 Å². The van der Waals surface area contributed by atoms with Gasteiger partial charge in [0.15, 0.2) is 0 Å². The fourth-order valence-corrected chi connectivity index (χ4v) is 4.10. The Bertz CT molecular complexity index is 1020. The Morgan fingerprint density at radius 3 is 2.68 bits per heavy atom. The molecule has 3 aromatic rings. The van der Waals surface area contributed by atoms with Crippen LogP contribution in [-0.4, -0.2) is 36.6 Å². The third-order valence-corrected chi connectivity index (χ3v) is 6.37.